The molecule has 1 atom stereocenters. The molecule has 0 spiro atoms. The SMILES string of the molecule is COC(=O)NC(=O)[C@@H](C)N1CCN(C(=O)c2ccccc2)CC1. The first-order valence-electron chi connectivity index (χ1n) is 7.50. The first-order chi connectivity index (χ1) is 11.0. The molecule has 2 rings (SSSR count). The van der Waals surface area contributed by atoms with Crippen LogP contribution in [0.25, 0.3) is 0 Å². The number of rotatable bonds is 3. The molecule has 1 N–H and O–H groups in total. The third kappa shape index (κ3) is 4.29. The zero-order valence-electron chi connectivity index (χ0n) is 13.3. The second-order valence-electron chi connectivity index (χ2n) is 5.35. The highest BCUT2D eigenvalue weighted by molar-refractivity contribution is 5.95. The molecule has 3 amide bonds. The van der Waals surface area contributed by atoms with Gasteiger partial charge in [-0.25, -0.2) is 4.79 Å². The fourth-order valence-corrected chi connectivity index (χ4v) is 2.50. The van der Waals surface area contributed by atoms with Crippen molar-refractivity contribution in [3.05, 3.63) is 35.9 Å². The van der Waals surface area contributed by atoms with Crippen molar-refractivity contribution in [3.63, 3.8) is 0 Å². The maximum atomic E-state index is 12.4. The van der Waals surface area contributed by atoms with Gasteiger partial charge in [-0.1, -0.05) is 18.2 Å². The highest BCUT2D eigenvalue weighted by atomic mass is 16.5. The van der Waals surface area contributed by atoms with E-state index >= 15 is 0 Å². The number of hydrogen-bond donors (Lipinski definition) is 1. The number of amides is 3. The van der Waals surface area contributed by atoms with Gasteiger partial charge < -0.3 is 9.64 Å². The fraction of sp³-hybridized carbons (Fsp3) is 0.438. The molecule has 1 aromatic rings. The largest absolute Gasteiger partial charge is 0.453 e. The van der Waals surface area contributed by atoms with E-state index in [4.69, 9.17) is 0 Å². The van der Waals surface area contributed by atoms with Crippen LogP contribution < -0.4 is 5.32 Å². The van der Waals surface area contributed by atoms with Crippen LogP contribution in [-0.4, -0.2) is 67.0 Å². The summed E-state index contributed by atoms with van der Waals surface area (Å²) in [7, 11) is 1.21. The molecule has 1 aliphatic rings. The molecule has 0 bridgehead atoms. The summed E-state index contributed by atoms with van der Waals surface area (Å²) in [6.07, 6.45) is -0.764. The van der Waals surface area contributed by atoms with Crippen LogP contribution in [0.15, 0.2) is 30.3 Å². The lowest BCUT2D eigenvalue weighted by Gasteiger charge is -2.37. The highest BCUT2D eigenvalue weighted by Crippen LogP contribution is 2.11. The van der Waals surface area contributed by atoms with Gasteiger partial charge in [-0.2, -0.15) is 0 Å². The zero-order chi connectivity index (χ0) is 16.8. The Labute approximate surface area is 135 Å². The van der Waals surface area contributed by atoms with Crippen LogP contribution >= 0.6 is 0 Å². The summed E-state index contributed by atoms with van der Waals surface area (Å²) in [4.78, 5) is 39.1. The molecule has 1 saturated heterocycles. The standard InChI is InChI=1S/C16H21N3O4/c1-12(14(20)17-16(22)23-2)18-8-10-19(11-9-18)15(21)13-6-4-3-5-7-13/h3-7,12H,8-11H2,1-2H3,(H,17,20,22)/t12-/m1/s1. The van der Waals surface area contributed by atoms with Crippen LogP contribution in [0.2, 0.25) is 0 Å². The molecule has 1 heterocycles. The van der Waals surface area contributed by atoms with E-state index in [1.807, 2.05) is 23.1 Å². The predicted molar refractivity (Wildman–Crippen MR) is 83.9 cm³/mol. The summed E-state index contributed by atoms with van der Waals surface area (Å²) in [5, 5.41) is 2.16. The molecule has 0 aromatic heterocycles. The second-order valence-corrected chi connectivity index (χ2v) is 5.35. The first kappa shape index (κ1) is 17.0. The minimum Gasteiger partial charge on any atom is -0.453 e. The Hall–Kier alpha value is -2.41. The zero-order valence-corrected chi connectivity index (χ0v) is 13.3. The van der Waals surface area contributed by atoms with Crippen molar-refractivity contribution < 1.29 is 19.1 Å². The van der Waals surface area contributed by atoms with Crippen LogP contribution in [0, 0.1) is 0 Å². The number of methoxy groups -OCH3 is 1. The van der Waals surface area contributed by atoms with Crippen LogP contribution in [0.4, 0.5) is 4.79 Å². The molecule has 1 aliphatic heterocycles. The number of carbonyl (C=O) groups excluding carboxylic acids is 3. The minimum atomic E-state index is -0.764. The average Bonchev–Trinajstić information content (AvgIpc) is 2.61. The Kier molecular flexibility index (Phi) is 5.70. The van der Waals surface area contributed by atoms with Crippen molar-refractivity contribution in [1.82, 2.24) is 15.1 Å². The highest BCUT2D eigenvalue weighted by Gasteiger charge is 2.28. The van der Waals surface area contributed by atoms with E-state index in [2.05, 4.69) is 10.1 Å². The molecule has 124 valence electrons. The van der Waals surface area contributed by atoms with Crippen molar-refractivity contribution in [2.75, 3.05) is 33.3 Å². The summed E-state index contributed by atoms with van der Waals surface area (Å²) < 4.78 is 4.41. The molecule has 0 aliphatic carbocycles. The summed E-state index contributed by atoms with van der Waals surface area (Å²) in [6, 6.07) is 8.67. The third-order valence-electron chi connectivity index (χ3n) is 3.96. The number of piperazine rings is 1. The van der Waals surface area contributed by atoms with Gasteiger partial charge in [0.15, 0.2) is 0 Å². The molecule has 23 heavy (non-hydrogen) atoms. The Balaban J connectivity index is 1.87. The van der Waals surface area contributed by atoms with Crippen LogP contribution in [0.5, 0.6) is 0 Å². The van der Waals surface area contributed by atoms with E-state index in [-0.39, 0.29) is 5.91 Å². The molecule has 1 aromatic carbocycles. The van der Waals surface area contributed by atoms with Crippen LogP contribution in [-0.2, 0) is 9.53 Å². The molecular weight excluding hydrogens is 298 g/mol. The van der Waals surface area contributed by atoms with Gasteiger partial charge in [-0.3, -0.25) is 19.8 Å². The van der Waals surface area contributed by atoms with Gasteiger partial charge in [-0.05, 0) is 19.1 Å². The quantitative estimate of drug-likeness (QED) is 0.888. The van der Waals surface area contributed by atoms with E-state index in [1.54, 1.807) is 24.0 Å². The Morgan fingerprint density at radius 1 is 1.09 bits per heavy atom. The Morgan fingerprint density at radius 3 is 2.26 bits per heavy atom. The van der Waals surface area contributed by atoms with Crippen molar-refractivity contribution in [2.24, 2.45) is 0 Å². The number of hydrogen-bond acceptors (Lipinski definition) is 5. The van der Waals surface area contributed by atoms with E-state index in [9.17, 15) is 14.4 Å². The van der Waals surface area contributed by atoms with Crippen molar-refractivity contribution in [2.45, 2.75) is 13.0 Å². The molecule has 0 radical (unpaired) electrons. The van der Waals surface area contributed by atoms with Crippen LogP contribution in [0.3, 0.4) is 0 Å². The second kappa shape index (κ2) is 7.73. The average molecular weight is 319 g/mol. The molecule has 1 fully saturated rings. The van der Waals surface area contributed by atoms with Gasteiger partial charge in [0.25, 0.3) is 5.91 Å². The first-order valence-corrected chi connectivity index (χ1v) is 7.50. The van der Waals surface area contributed by atoms with E-state index in [0.29, 0.717) is 31.7 Å². The molecule has 0 saturated carbocycles. The summed E-state index contributed by atoms with van der Waals surface area (Å²) in [5.74, 6) is -0.406. The van der Waals surface area contributed by atoms with Crippen molar-refractivity contribution in [1.29, 1.82) is 0 Å². The number of carbonyl (C=O) groups is 3. The summed E-state index contributed by atoms with van der Waals surface area (Å²) in [5.41, 5.74) is 0.664. The lowest BCUT2D eigenvalue weighted by atomic mass is 10.1. The monoisotopic (exact) mass is 319 g/mol. The molecular formula is C16H21N3O4. The lowest BCUT2D eigenvalue weighted by Crippen LogP contribution is -2.55. The van der Waals surface area contributed by atoms with Gasteiger partial charge in [0.1, 0.15) is 0 Å². The number of nitrogens with zero attached hydrogens (tertiary/aromatic N) is 2. The number of nitrogens with one attached hydrogen (secondary N) is 1. The van der Waals surface area contributed by atoms with Gasteiger partial charge in [0, 0.05) is 31.7 Å². The predicted octanol–water partition coefficient (Wildman–Crippen LogP) is 0.715. The number of imide groups is 1. The van der Waals surface area contributed by atoms with Crippen molar-refractivity contribution in [3.8, 4) is 0 Å². The Morgan fingerprint density at radius 2 is 1.70 bits per heavy atom. The minimum absolute atomic E-state index is 0.00286. The fourth-order valence-electron chi connectivity index (χ4n) is 2.50. The smallest absolute Gasteiger partial charge is 0.413 e. The third-order valence-corrected chi connectivity index (χ3v) is 3.96. The molecule has 0 unspecified atom stereocenters. The normalized spacial score (nSPS) is 16.5. The molecule has 7 nitrogen and oxygen atoms in total. The molecule has 7 heteroatoms. The Bertz CT molecular complexity index is 568. The number of benzene rings is 1. The lowest BCUT2D eigenvalue weighted by molar-refractivity contribution is -0.125. The van der Waals surface area contributed by atoms with Gasteiger partial charge >= 0.3 is 6.09 Å². The maximum Gasteiger partial charge on any atom is 0.413 e. The van der Waals surface area contributed by atoms with Crippen LogP contribution in [0.1, 0.15) is 17.3 Å². The van der Waals surface area contributed by atoms with Gasteiger partial charge in [-0.15, -0.1) is 0 Å². The summed E-state index contributed by atoms with van der Waals surface area (Å²) in [6.45, 7) is 3.97. The topological polar surface area (TPSA) is 79.0 Å². The van der Waals surface area contributed by atoms with Crippen molar-refractivity contribution >= 4 is 17.9 Å². The van der Waals surface area contributed by atoms with Gasteiger partial charge in [0.2, 0.25) is 5.91 Å². The number of alkyl carbamates (subject to hydrolysis) is 1. The van der Waals surface area contributed by atoms with E-state index in [1.165, 1.54) is 7.11 Å². The van der Waals surface area contributed by atoms with Gasteiger partial charge in [0.05, 0.1) is 13.2 Å². The van der Waals surface area contributed by atoms with E-state index < -0.39 is 18.0 Å². The maximum absolute atomic E-state index is 12.4. The summed E-state index contributed by atoms with van der Waals surface area (Å²) >= 11 is 0. The number of ether oxygens (including phenoxy) is 1. The van der Waals surface area contributed by atoms with E-state index in [0.717, 1.165) is 0 Å².